The molecular weight excluding hydrogens is 190 g/mol. The van der Waals surface area contributed by atoms with E-state index < -0.39 is 5.97 Å². The molecule has 2 rings (SSSR count). The summed E-state index contributed by atoms with van der Waals surface area (Å²) in [5.74, 6) is 0.907. The molecule has 1 aliphatic heterocycles. The summed E-state index contributed by atoms with van der Waals surface area (Å²) in [5, 5.41) is 8.85. The number of likely N-dealkylation sites (tertiary alicyclic amines) is 1. The lowest BCUT2D eigenvalue weighted by Gasteiger charge is -2.21. The molecule has 1 saturated carbocycles. The van der Waals surface area contributed by atoms with Crippen LogP contribution in [0.3, 0.4) is 0 Å². The maximum atomic E-state index is 10.7. The van der Waals surface area contributed by atoms with Gasteiger partial charge in [-0.15, -0.1) is 0 Å². The van der Waals surface area contributed by atoms with E-state index in [9.17, 15) is 4.79 Å². The molecule has 0 amide bonds. The Morgan fingerprint density at radius 1 is 1.33 bits per heavy atom. The lowest BCUT2D eigenvalue weighted by Crippen LogP contribution is -2.30. The molecule has 15 heavy (non-hydrogen) atoms. The van der Waals surface area contributed by atoms with Gasteiger partial charge in [-0.05, 0) is 30.1 Å². The first-order chi connectivity index (χ1) is 7.01. The van der Waals surface area contributed by atoms with Gasteiger partial charge in [0, 0.05) is 19.6 Å². The Morgan fingerprint density at radius 2 is 1.87 bits per heavy atom. The Hall–Kier alpha value is -0.570. The van der Waals surface area contributed by atoms with Gasteiger partial charge in [0.2, 0.25) is 0 Å². The van der Waals surface area contributed by atoms with Crippen LogP contribution in [0.2, 0.25) is 0 Å². The van der Waals surface area contributed by atoms with E-state index in [1.807, 2.05) is 0 Å². The summed E-state index contributed by atoms with van der Waals surface area (Å²) in [4.78, 5) is 13.2. The van der Waals surface area contributed by atoms with Gasteiger partial charge in [0.25, 0.3) is 0 Å². The first kappa shape index (κ1) is 10.9. The van der Waals surface area contributed by atoms with Crippen LogP contribution in [0.25, 0.3) is 0 Å². The van der Waals surface area contributed by atoms with Crippen molar-refractivity contribution in [2.45, 2.75) is 33.1 Å². The fraction of sp³-hybridized carbons (Fsp3) is 0.917. The number of hydrogen-bond acceptors (Lipinski definition) is 2. The molecule has 0 aromatic heterocycles. The monoisotopic (exact) mass is 211 g/mol. The molecule has 86 valence electrons. The number of nitrogens with zero attached hydrogens (tertiary/aromatic N) is 1. The van der Waals surface area contributed by atoms with E-state index in [1.165, 1.54) is 0 Å². The number of carbonyl (C=O) groups is 1. The largest absolute Gasteiger partial charge is 0.481 e. The van der Waals surface area contributed by atoms with Crippen molar-refractivity contribution in [2.75, 3.05) is 19.6 Å². The molecule has 2 unspecified atom stereocenters. The van der Waals surface area contributed by atoms with Crippen LogP contribution in [-0.4, -0.2) is 35.6 Å². The molecule has 2 atom stereocenters. The lowest BCUT2D eigenvalue weighted by atomic mass is 10.0. The Labute approximate surface area is 91.5 Å². The maximum absolute atomic E-state index is 10.7. The van der Waals surface area contributed by atoms with Crippen LogP contribution in [0.15, 0.2) is 0 Å². The van der Waals surface area contributed by atoms with Gasteiger partial charge in [-0.25, -0.2) is 0 Å². The van der Waals surface area contributed by atoms with Crippen molar-refractivity contribution >= 4 is 5.97 Å². The third-order valence-corrected chi connectivity index (χ3v) is 4.11. The summed E-state index contributed by atoms with van der Waals surface area (Å²) in [6.07, 6.45) is 2.59. The van der Waals surface area contributed by atoms with Gasteiger partial charge in [-0.3, -0.25) is 4.79 Å². The molecule has 1 N–H and O–H groups in total. The standard InChI is InChI=1S/C12H21NO2/c1-9-6-13(7-10(9)2)8-12(3-4-12)5-11(14)15/h9-10H,3-8H2,1-2H3,(H,14,15). The van der Waals surface area contributed by atoms with Gasteiger partial charge >= 0.3 is 5.97 Å². The van der Waals surface area contributed by atoms with Crippen LogP contribution in [0.1, 0.15) is 33.1 Å². The highest BCUT2D eigenvalue weighted by Gasteiger charge is 2.46. The molecule has 1 saturated heterocycles. The van der Waals surface area contributed by atoms with E-state index >= 15 is 0 Å². The molecule has 0 aromatic carbocycles. The molecule has 1 heterocycles. The molecule has 2 aliphatic rings. The number of aliphatic carboxylic acids is 1. The molecular formula is C12H21NO2. The molecule has 0 spiro atoms. The molecule has 3 heteroatoms. The molecule has 0 aromatic rings. The summed E-state index contributed by atoms with van der Waals surface area (Å²) in [6.45, 7) is 7.90. The SMILES string of the molecule is CC1CN(CC2(CC(=O)O)CC2)CC1C. The number of hydrogen-bond donors (Lipinski definition) is 1. The minimum absolute atomic E-state index is 0.135. The van der Waals surface area contributed by atoms with Gasteiger partial charge in [-0.1, -0.05) is 13.8 Å². The van der Waals surface area contributed by atoms with Crippen LogP contribution in [0.5, 0.6) is 0 Å². The third-order valence-electron chi connectivity index (χ3n) is 4.11. The van der Waals surface area contributed by atoms with Crippen molar-refractivity contribution in [3.05, 3.63) is 0 Å². The maximum Gasteiger partial charge on any atom is 0.303 e. The predicted octanol–water partition coefficient (Wildman–Crippen LogP) is 1.83. The second kappa shape index (κ2) is 3.78. The van der Waals surface area contributed by atoms with Crippen LogP contribution < -0.4 is 0 Å². The van der Waals surface area contributed by atoms with E-state index in [2.05, 4.69) is 18.7 Å². The average Bonchev–Trinajstić information content (AvgIpc) is 2.75. The Bertz CT molecular complexity index is 250. The molecule has 0 bridgehead atoms. The highest BCUT2D eigenvalue weighted by molar-refractivity contribution is 5.68. The summed E-state index contributed by atoms with van der Waals surface area (Å²) in [5.41, 5.74) is 0.135. The van der Waals surface area contributed by atoms with Crippen LogP contribution in [0.4, 0.5) is 0 Å². The number of carboxylic acid groups (broad SMARTS) is 1. The van der Waals surface area contributed by atoms with E-state index in [-0.39, 0.29) is 5.41 Å². The van der Waals surface area contributed by atoms with Gasteiger partial charge < -0.3 is 10.0 Å². The van der Waals surface area contributed by atoms with Gasteiger partial charge in [0.05, 0.1) is 6.42 Å². The predicted molar refractivity (Wildman–Crippen MR) is 58.7 cm³/mol. The van der Waals surface area contributed by atoms with E-state index in [0.29, 0.717) is 6.42 Å². The van der Waals surface area contributed by atoms with Crippen LogP contribution in [0, 0.1) is 17.3 Å². The van der Waals surface area contributed by atoms with Crippen molar-refractivity contribution in [3.63, 3.8) is 0 Å². The second-order valence-electron chi connectivity index (χ2n) is 5.72. The Morgan fingerprint density at radius 3 is 2.27 bits per heavy atom. The molecule has 0 radical (unpaired) electrons. The fourth-order valence-electron chi connectivity index (χ4n) is 2.74. The van der Waals surface area contributed by atoms with Crippen molar-refractivity contribution < 1.29 is 9.90 Å². The van der Waals surface area contributed by atoms with E-state index in [4.69, 9.17) is 5.11 Å². The summed E-state index contributed by atoms with van der Waals surface area (Å²) in [6, 6.07) is 0. The second-order valence-corrected chi connectivity index (χ2v) is 5.72. The highest BCUT2D eigenvalue weighted by Crippen LogP contribution is 2.50. The van der Waals surface area contributed by atoms with Crippen LogP contribution in [-0.2, 0) is 4.79 Å². The van der Waals surface area contributed by atoms with Crippen LogP contribution >= 0.6 is 0 Å². The van der Waals surface area contributed by atoms with Crippen molar-refractivity contribution in [1.29, 1.82) is 0 Å². The van der Waals surface area contributed by atoms with Gasteiger partial charge in [-0.2, -0.15) is 0 Å². The van der Waals surface area contributed by atoms with Gasteiger partial charge in [0.15, 0.2) is 0 Å². The quantitative estimate of drug-likeness (QED) is 0.771. The third kappa shape index (κ3) is 2.51. The van der Waals surface area contributed by atoms with E-state index in [0.717, 1.165) is 44.3 Å². The number of rotatable bonds is 4. The minimum atomic E-state index is -0.632. The number of carboxylic acids is 1. The van der Waals surface area contributed by atoms with Crippen molar-refractivity contribution in [2.24, 2.45) is 17.3 Å². The van der Waals surface area contributed by atoms with Crippen molar-refractivity contribution in [3.8, 4) is 0 Å². The topological polar surface area (TPSA) is 40.5 Å². The zero-order valence-corrected chi connectivity index (χ0v) is 9.70. The average molecular weight is 211 g/mol. The Balaban J connectivity index is 1.85. The van der Waals surface area contributed by atoms with Crippen molar-refractivity contribution in [1.82, 2.24) is 4.90 Å². The minimum Gasteiger partial charge on any atom is -0.481 e. The Kier molecular flexibility index (Phi) is 2.75. The summed E-state index contributed by atoms with van der Waals surface area (Å²) < 4.78 is 0. The molecule has 1 aliphatic carbocycles. The smallest absolute Gasteiger partial charge is 0.303 e. The zero-order valence-electron chi connectivity index (χ0n) is 9.70. The fourth-order valence-corrected chi connectivity index (χ4v) is 2.74. The zero-order chi connectivity index (χ0) is 11.1. The summed E-state index contributed by atoms with van der Waals surface area (Å²) in [7, 11) is 0. The molecule has 2 fully saturated rings. The van der Waals surface area contributed by atoms with E-state index in [1.54, 1.807) is 0 Å². The highest BCUT2D eigenvalue weighted by atomic mass is 16.4. The van der Waals surface area contributed by atoms with Gasteiger partial charge in [0.1, 0.15) is 0 Å². The normalized spacial score (nSPS) is 34.3. The molecule has 3 nitrogen and oxygen atoms in total. The lowest BCUT2D eigenvalue weighted by molar-refractivity contribution is -0.138. The first-order valence-corrected chi connectivity index (χ1v) is 5.95. The summed E-state index contributed by atoms with van der Waals surface area (Å²) >= 11 is 0. The first-order valence-electron chi connectivity index (χ1n) is 5.95.